The first-order chi connectivity index (χ1) is 16.5. The van der Waals surface area contributed by atoms with Gasteiger partial charge in [-0.15, -0.1) is 0 Å². The van der Waals surface area contributed by atoms with Crippen molar-refractivity contribution in [2.24, 2.45) is 5.92 Å². The molecule has 5 rings (SSSR count). The maximum absolute atomic E-state index is 10.2. The lowest BCUT2D eigenvalue weighted by molar-refractivity contribution is -0.141. The highest BCUT2D eigenvalue weighted by Crippen LogP contribution is 2.54. The summed E-state index contributed by atoms with van der Waals surface area (Å²) in [5.41, 5.74) is 4.88. The molecular weight excluding hydrogens is 426 g/mol. The molecule has 2 fully saturated rings. The zero-order chi connectivity index (χ0) is 23.7. The molecular formula is C29H39NO4. The van der Waals surface area contributed by atoms with Crippen LogP contribution in [0.3, 0.4) is 0 Å². The summed E-state index contributed by atoms with van der Waals surface area (Å²) in [4.78, 5) is 2.48. The van der Waals surface area contributed by atoms with E-state index >= 15 is 0 Å². The van der Waals surface area contributed by atoms with Crippen LogP contribution in [0.1, 0.15) is 80.6 Å². The predicted molar refractivity (Wildman–Crippen MR) is 134 cm³/mol. The average Bonchev–Trinajstić information content (AvgIpc) is 2.87. The van der Waals surface area contributed by atoms with Crippen molar-refractivity contribution in [2.75, 3.05) is 32.2 Å². The fraction of sp³-hybridized carbons (Fsp3) is 0.586. The lowest BCUT2D eigenvalue weighted by Gasteiger charge is -2.50. The van der Waals surface area contributed by atoms with E-state index in [0.29, 0.717) is 11.7 Å². The Morgan fingerprint density at radius 1 is 0.941 bits per heavy atom. The molecule has 2 heterocycles. The molecule has 0 amide bonds. The van der Waals surface area contributed by atoms with E-state index in [1.54, 1.807) is 14.2 Å². The number of rotatable bonds is 5. The van der Waals surface area contributed by atoms with Crippen molar-refractivity contribution in [2.45, 2.75) is 75.8 Å². The summed E-state index contributed by atoms with van der Waals surface area (Å²) in [5.74, 6) is 0.963. The van der Waals surface area contributed by atoms with Gasteiger partial charge in [-0.1, -0.05) is 37.5 Å². The highest BCUT2D eigenvalue weighted by atomic mass is 16.7. The van der Waals surface area contributed by atoms with E-state index in [4.69, 9.17) is 14.2 Å². The molecule has 1 N–H and O–H groups in total. The second kappa shape index (κ2) is 9.88. The number of phenolic OH excluding ortho intramolecular Hbond substituents is 1. The van der Waals surface area contributed by atoms with Crippen LogP contribution in [0.25, 0.3) is 0 Å². The summed E-state index contributed by atoms with van der Waals surface area (Å²) < 4.78 is 17.8. The molecule has 1 spiro atoms. The van der Waals surface area contributed by atoms with Crippen LogP contribution in [0.4, 0.5) is 5.69 Å². The minimum absolute atomic E-state index is 0.0000422. The average molecular weight is 466 g/mol. The SMILES string of the molecule is COC(OC)C1CCN(c2ccc([C@@H]3c4ccc(O)cc4[C@H](C)OC34CCCCC4)cc2)CC1. The van der Waals surface area contributed by atoms with Gasteiger partial charge in [0.2, 0.25) is 0 Å². The second-order valence-corrected chi connectivity index (χ2v) is 10.4. The van der Waals surface area contributed by atoms with Crippen LogP contribution in [0.5, 0.6) is 5.75 Å². The van der Waals surface area contributed by atoms with E-state index in [1.807, 2.05) is 12.1 Å². The Kier molecular flexibility index (Phi) is 6.88. The number of hydrogen-bond donors (Lipinski definition) is 1. The van der Waals surface area contributed by atoms with Crippen LogP contribution >= 0.6 is 0 Å². The molecule has 2 aromatic rings. The molecule has 1 aliphatic carbocycles. The first-order valence-electron chi connectivity index (χ1n) is 13.0. The third-order valence-electron chi connectivity index (χ3n) is 8.44. The minimum atomic E-state index is -0.156. The summed E-state index contributed by atoms with van der Waals surface area (Å²) >= 11 is 0. The number of aromatic hydroxyl groups is 1. The summed E-state index contributed by atoms with van der Waals surface area (Å²) in [5, 5.41) is 10.2. The number of benzene rings is 2. The van der Waals surface area contributed by atoms with E-state index in [9.17, 15) is 5.11 Å². The standard InChI is InChI=1S/C29H39NO4/c1-20-26-19-24(31)11-12-25(26)27(29(34-20)15-5-4-6-16-29)21-7-9-23(10-8-21)30-17-13-22(14-18-30)28(32-2)33-3/h7-12,19-20,22,27-28,31H,4-6,13-18H2,1-3H3/t20-,27+/m0/s1. The fourth-order valence-electron chi connectivity index (χ4n) is 6.77. The van der Waals surface area contributed by atoms with Crippen molar-refractivity contribution in [1.82, 2.24) is 0 Å². The summed E-state index contributed by atoms with van der Waals surface area (Å²) in [7, 11) is 3.46. The number of fused-ring (bicyclic) bond motifs is 1. The number of ether oxygens (including phenoxy) is 3. The van der Waals surface area contributed by atoms with Gasteiger partial charge in [-0.25, -0.2) is 0 Å². The molecule has 0 radical (unpaired) electrons. The van der Waals surface area contributed by atoms with Gasteiger partial charge in [0, 0.05) is 44.8 Å². The van der Waals surface area contributed by atoms with Crippen LogP contribution in [0.15, 0.2) is 42.5 Å². The lowest BCUT2D eigenvalue weighted by Crippen LogP contribution is -2.46. The molecule has 0 aromatic heterocycles. The van der Waals surface area contributed by atoms with Crippen molar-refractivity contribution in [3.05, 3.63) is 59.2 Å². The molecule has 3 aliphatic rings. The Balaban J connectivity index is 1.41. The van der Waals surface area contributed by atoms with Gasteiger partial charge in [0.05, 0.1) is 11.7 Å². The topological polar surface area (TPSA) is 51.2 Å². The molecule has 2 atom stereocenters. The zero-order valence-corrected chi connectivity index (χ0v) is 20.8. The van der Waals surface area contributed by atoms with Crippen molar-refractivity contribution >= 4 is 5.69 Å². The smallest absolute Gasteiger partial charge is 0.159 e. The van der Waals surface area contributed by atoms with Crippen molar-refractivity contribution in [3.63, 3.8) is 0 Å². The quantitative estimate of drug-likeness (QED) is 0.537. The third kappa shape index (κ3) is 4.34. The van der Waals surface area contributed by atoms with Crippen LogP contribution in [-0.2, 0) is 14.2 Å². The van der Waals surface area contributed by atoms with Crippen LogP contribution in [-0.4, -0.2) is 44.3 Å². The maximum Gasteiger partial charge on any atom is 0.159 e. The largest absolute Gasteiger partial charge is 0.508 e. The zero-order valence-electron chi connectivity index (χ0n) is 20.8. The van der Waals surface area contributed by atoms with Gasteiger partial charge in [0.15, 0.2) is 6.29 Å². The van der Waals surface area contributed by atoms with Crippen LogP contribution in [0.2, 0.25) is 0 Å². The molecule has 2 aliphatic heterocycles. The van der Waals surface area contributed by atoms with Gasteiger partial charge in [-0.3, -0.25) is 0 Å². The van der Waals surface area contributed by atoms with Crippen molar-refractivity contribution in [3.8, 4) is 5.75 Å². The molecule has 0 bridgehead atoms. The van der Waals surface area contributed by atoms with Gasteiger partial charge in [0.25, 0.3) is 0 Å². The number of anilines is 1. The van der Waals surface area contributed by atoms with Gasteiger partial charge in [0.1, 0.15) is 5.75 Å². The number of nitrogens with zero attached hydrogens (tertiary/aromatic N) is 1. The van der Waals surface area contributed by atoms with E-state index in [2.05, 4.69) is 42.2 Å². The third-order valence-corrected chi connectivity index (χ3v) is 8.44. The van der Waals surface area contributed by atoms with Gasteiger partial charge in [-0.05, 0) is 73.6 Å². The number of hydrogen-bond acceptors (Lipinski definition) is 5. The first-order valence-corrected chi connectivity index (χ1v) is 13.0. The van der Waals surface area contributed by atoms with E-state index in [0.717, 1.165) is 44.3 Å². The Morgan fingerprint density at radius 2 is 1.62 bits per heavy atom. The summed E-state index contributed by atoms with van der Waals surface area (Å²) in [6, 6.07) is 15.1. The molecule has 1 saturated heterocycles. The first kappa shape index (κ1) is 23.7. The highest BCUT2D eigenvalue weighted by Gasteiger charge is 2.48. The molecule has 34 heavy (non-hydrogen) atoms. The van der Waals surface area contributed by atoms with E-state index < -0.39 is 0 Å². The van der Waals surface area contributed by atoms with Crippen molar-refractivity contribution < 1.29 is 19.3 Å². The number of phenols is 1. The molecule has 2 aromatic carbocycles. The number of piperidine rings is 1. The fourth-order valence-corrected chi connectivity index (χ4v) is 6.77. The summed E-state index contributed by atoms with van der Waals surface area (Å²) in [6.07, 6.45) is 7.95. The summed E-state index contributed by atoms with van der Waals surface area (Å²) in [6.45, 7) is 4.17. The van der Waals surface area contributed by atoms with E-state index in [-0.39, 0.29) is 23.9 Å². The van der Waals surface area contributed by atoms with E-state index in [1.165, 1.54) is 36.1 Å². The predicted octanol–water partition coefficient (Wildman–Crippen LogP) is 6.15. The minimum Gasteiger partial charge on any atom is -0.508 e. The van der Waals surface area contributed by atoms with Crippen LogP contribution < -0.4 is 4.90 Å². The highest BCUT2D eigenvalue weighted by molar-refractivity contribution is 5.52. The Morgan fingerprint density at radius 3 is 2.26 bits per heavy atom. The Bertz CT molecular complexity index is 957. The monoisotopic (exact) mass is 465 g/mol. The molecule has 1 saturated carbocycles. The van der Waals surface area contributed by atoms with Crippen LogP contribution in [0, 0.1) is 5.92 Å². The molecule has 0 unspecified atom stereocenters. The maximum atomic E-state index is 10.2. The normalized spacial score (nSPS) is 25.0. The van der Waals surface area contributed by atoms with Gasteiger partial charge < -0.3 is 24.2 Å². The number of methoxy groups -OCH3 is 2. The lowest BCUT2D eigenvalue weighted by atomic mass is 9.67. The van der Waals surface area contributed by atoms with Crippen molar-refractivity contribution in [1.29, 1.82) is 0 Å². The van der Waals surface area contributed by atoms with Gasteiger partial charge >= 0.3 is 0 Å². The second-order valence-electron chi connectivity index (χ2n) is 10.4. The molecule has 5 heteroatoms. The molecule has 184 valence electrons. The molecule has 5 nitrogen and oxygen atoms in total. The Labute approximate surface area is 204 Å². The Hall–Kier alpha value is -2.08. The van der Waals surface area contributed by atoms with Gasteiger partial charge in [-0.2, -0.15) is 0 Å².